The topological polar surface area (TPSA) is 57.2 Å². The number of carbonyl (C=O) groups is 1. The summed E-state index contributed by atoms with van der Waals surface area (Å²) in [4.78, 5) is 22.0. The third kappa shape index (κ3) is 4.24. The summed E-state index contributed by atoms with van der Waals surface area (Å²) in [6, 6.07) is 14.6. The van der Waals surface area contributed by atoms with Gasteiger partial charge in [-0.15, -0.1) is 0 Å². The van der Waals surface area contributed by atoms with E-state index in [0.29, 0.717) is 19.1 Å². The van der Waals surface area contributed by atoms with Gasteiger partial charge in [-0.3, -0.25) is 0 Å². The molecule has 0 aromatic heterocycles. The Labute approximate surface area is 183 Å². The highest BCUT2D eigenvalue weighted by molar-refractivity contribution is 6.04. The van der Waals surface area contributed by atoms with Crippen molar-refractivity contribution in [1.29, 1.82) is 0 Å². The molecular weight excluding hydrogens is 388 g/mol. The molecule has 31 heavy (non-hydrogen) atoms. The molecule has 6 nitrogen and oxygen atoms in total. The van der Waals surface area contributed by atoms with E-state index in [9.17, 15) is 4.79 Å². The first-order chi connectivity index (χ1) is 15.2. The van der Waals surface area contributed by atoms with Gasteiger partial charge in [0.25, 0.3) is 0 Å². The number of hydrogen-bond donors (Lipinski definition) is 1. The molecule has 2 aromatic carbocycles. The summed E-state index contributed by atoms with van der Waals surface area (Å²) >= 11 is 0. The number of carbonyl (C=O) groups excluding carboxylic acids is 1. The molecule has 0 unspecified atom stereocenters. The Morgan fingerprint density at radius 2 is 1.77 bits per heavy atom. The quantitative estimate of drug-likeness (QED) is 0.721. The smallest absolute Gasteiger partial charge is 0.317 e. The van der Waals surface area contributed by atoms with Crippen LogP contribution in [-0.2, 0) is 0 Å². The molecule has 0 bridgehead atoms. The van der Waals surface area contributed by atoms with Crippen molar-refractivity contribution >= 4 is 17.6 Å². The van der Waals surface area contributed by atoms with Gasteiger partial charge in [0, 0.05) is 32.2 Å². The minimum absolute atomic E-state index is 0.0827. The van der Waals surface area contributed by atoms with Crippen LogP contribution in [0.1, 0.15) is 43.2 Å². The number of aryl methyl sites for hydroxylation is 1. The molecule has 1 aliphatic carbocycles. The molecule has 3 aliphatic rings. The number of hydrogen-bond acceptors (Lipinski definition) is 4. The molecular formula is C25H30N4O2. The maximum atomic E-state index is 12.8. The summed E-state index contributed by atoms with van der Waals surface area (Å²) in [5.41, 5.74) is 3.02. The van der Waals surface area contributed by atoms with Crippen LogP contribution in [0.15, 0.2) is 47.5 Å². The molecule has 2 fully saturated rings. The second-order valence-corrected chi connectivity index (χ2v) is 8.76. The zero-order valence-corrected chi connectivity index (χ0v) is 18.1. The van der Waals surface area contributed by atoms with Crippen LogP contribution in [0.3, 0.4) is 0 Å². The number of nitrogens with one attached hydrogen (secondary N) is 1. The molecule has 0 atom stereocenters. The maximum Gasteiger partial charge on any atom is 0.317 e. The van der Waals surface area contributed by atoms with Gasteiger partial charge in [0.05, 0.1) is 5.56 Å². The lowest BCUT2D eigenvalue weighted by atomic mass is 9.96. The van der Waals surface area contributed by atoms with Gasteiger partial charge in [0.15, 0.2) is 5.75 Å². The maximum absolute atomic E-state index is 12.8. The summed E-state index contributed by atoms with van der Waals surface area (Å²) in [7, 11) is 0. The molecule has 2 heterocycles. The number of amides is 2. The fourth-order valence-electron chi connectivity index (χ4n) is 4.71. The van der Waals surface area contributed by atoms with Crippen molar-refractivity contribution in [3.8, 4) is 11.5 Å². The van der Waals surface area contributed by atoms with Gasteiger partial charge in [-0.25, -0.2) is 9.79 Å². The Bertz CT molecular complexity index is 989. The lowest BCUT2D eigenvalue weighted by Crippen LogP contribution is -2.54. The first-order valence-electron chi connectivity index (χ1n) is 11.4. The lowest BCUT2D eigenvalue weighted by Gasteiger charge is -2.37. The predicted molar refractivity (Wildman–Crippen MR) is 122 cm³/mol. The molecule has 2 amide bonds. The Morgan fingerprint density at radius 3 is 2.58 bits per heavy atom. The van der Waals surface area contributed by atoms with Crippen molar-refractivity contribution in [2.75, 3.05) is 26.2 Å². The number of fused-ring (bicyclic) bond motifs is 2. The fraction of sp³-hybridized carbons (Fsp3) is 0.440. The van der Waals surface area contributed by atoms with Gasteiger partial charge in [0.1, 0.15) is 17.3 Å². The average molecular weight is 419 g/mol. The zero-order valence-electron chi connectivity index (χ0n) is 18.1. The van der Waals surface area contributed by atoms with Crippen LogP contribution >= 0.6 is 0 Å². The van der Waals surface area contributed by atoms with E-state index < -0.39 is 0 Å². The van der Waals surface area contributed by atoms with Crippen LogP contribution in [0.5, 0.6) is 11.5 Å². The highest BCUT2D eigenvalue weighted by Gasteiger charge is 2.28. The van der Waals surface area contributed by atoms with Gasteiger partial charge < -0.3 is 19.9 Å². The molecule has 1 N–H and O–H groups in total. The van der Waals surface area contributed by atoms with Crippen molar-refractivity contribution in [2.45, 2.75) is 45.1 Å². The molecule has 2 aliphatic heterocycles. The molecule has 2 aromatic rings. The van der Waals surface area contributed by atoms with Crippen LogP contribution in [0.4, 0.5) is 10.5 Å². The van der Waals surface area contributed by atoms with Gasteiger partial charge in [0.2, 0.25) is 0 Å². The fourth-order valence-corrected chi connectivity index (χ4v) is 4.71. The van der Waals surface area contributed by atoms with E-state index in [1.165, 1.54) is 24.8 Å². The van der Waals surface area contributed by atoms with Crippen LogP contribution < -0.4 is 10.1 Å². The van der Waals surface area contributed by atoms with Crippen molar-refractivity contribution in [3.63, 3.8) is 0 Å². The molecule has 1 saturated heterocycles. The predicted octanol–water partition coefficient (Wildman–Crippen LogP) is 4.84. The standard InChI is InChI=1S/C25H30N4O2/c1-18-11-12-22-20(17-18)24(27-21-9-5-6-10-23(21)31-22)28-13-15-29(16-14-28)25(30)26-19-7-3-2-4-8-19/h5-6,9-12,17,19H,2-4,7-8,13-16H2,1H3,(H,26,30). The van der Waals surface area contributed by atoms with E-state index in [1.807, 2.05) is 35.2 Å². The largest absolute Gasteiger partial charge is 0.454 e. The first kappa shape index (κ1) is 19.9. The molecule has 0 radical (unpaired) electrons. The number of urea groups is 1. The Kier molecular flexibility index (Phi) is 5.53. The Hall–Kier alpha value is -3.02. The van der Waals surface area contributed by atoms with Crippen LogP contribution in [-0.4, -0.2) is 53.9 Å². The summed E-state index contributed by atoms with van der Waals surface area (Å²) in [6.45, 7) is 4.99. The van der Waals surface area contributed by atoms with E-state index in [0.717, 1.165) is 54.5 Å². The molecule has 6 heteroatoms. The highest BCUT2D eigenvalue weighted by Crippen LogP contribution is 2.38. The average Bonchev–Trinajstić information content (AvgIpc) is 2.96. The molecule has 0 spiro atoms. The Morgan fingerprint density at radius 1 is 1.00 bits per heavy atom. The van der Waals surface area contributed by atoms with Crippen LogP contribution in [0, 0.1) is 6.92 Å². The lowest BCUT2D eigenvalue weighted by molar-refractivity contribution is 0.164. The van der Waals surface area contributed by atoms with Gasteiger partial charge in [-0.05, 0) is 44.0 Å². The van der Waals surface area contributed by atoms with Crippen molar-refractivity contribution < 1.29 is 9.53 Å². The number of ether oxygens (including phenoxy) is 1. The number of aliphatic imine (C=N–C) groups is 1. The SMILES string of the molecule is Cc1ccc2c(c1)C(N1CCN(C(=O)NC3CCCCC3)CC1)=Nc1ccccc1O2. The minimum Gasteiger partial charge on any atom is -0.454 e. The number of para-hydroxylation sites is 2. The van der Waals surface area contributed by atoms with E-state index in [-0.39, 0.29) is 6.03 Å². The summed E-state index contributed by atoms with van der Waals surface area (Å²) in [6.07, 6.45) is 5.96. The normalized spacial score (nSPS) is 18.9. The molecule has 1 saturated carbocycles. The van der Waals surface area contributed by atoms with Crippen molar-refractivity contribution in [1.82, 2.24) is 15.1 Å². The summed E-state index contributed by atoms with van der Waals surface area (Å²) < 4.78 is 6.21. The monoisotopic (exact) mass is 418 g/mol. The summed E-state index contributed by atoms with van der Waals surface area (Å²) in [5.74, 6) is 2.52. The van der Waals surface area contributed by atoms with E-state index in [1.54, 1.807) is 0 Å². The van der Waals surface area contributed by atoms with Crippen molar-refractivity contribution in [2.24, 2.45) is 4.99 Å². The Balaban J connectivity index is 1.34. The third-order valence-electron chi connectivity index (χ3n) is 6.49. The van der Waals surface area contributed by atoms with Gasteiger partial charge in [-0.2, -0.15) is 0 Å². The van der Waals surface area contributed by atoms with Crippen LogP contribution in [0.2, 0.25) is 0 Å². The molecule has 5 rings (SSSR count). The van der Waals surface area contributed by atoms with E-state index >= 15 is 0 Å². The van der Waals surface area contributed by atoms with Crippen molar-refractivity contribution in [3.05, 3.63) is 53.6 Å². The number of piperazine rings is 1. The number of amidine groups is 1. The third-order valence-corrected chi connectivity index (χ3v) is 6.49. The van der Waals surface area contributed by atoms with E-state index in [4.69, 9.17) is 9.73 Å². The highest BCUT2D eigenvalue weighted by atomic mass is 16.5. The first-order valence-corrected chi connectivity index (χ1v) is 11.4. The number of nitrogens with zero attached hydrogens (tertiary/aromatic N) is 3. The molecule has 162 valence electrons. The van der Waals surface area contributed by atoms with E-state index in [2.05, 4.69) is 29.3 Å². The number of rotatable bonds is 1. The van der Waals surface area contributed by atoms with Crippen LogP contribution in [0.25, 0.3) is 0 Å². The second-order valence-electron chi connectivity index (χ2n) is 8.76. The number of benzene rings is 2. The minimum atomic E-state index is 0.0827. The van der Waals surface area contributed by atoms with Gasteiger partial charge in [-0.1, -0.05) is 43.0 Å². The van der Waals surface area contributed by atoms with Gasteiger partial charge >= 0.3 is 6.03 Å². The summed E-state index contributed by atoms with van der Waals surface area (Å²) in [5, 5.41) is 3.25. The zero-order chi connectivity index (χ0) is 21.2. The second kappa shape index (κ2) is 8.61.